The van der Waals surface area contributed by atoms with Crippen molar-refractivity contribution in [2.24, 2.45) is 0 Å². The molecule has 6 nitrogen and oxygen atoms in total. The monoisotopic (exact) mass is 388 g/mol. The number of fused-ring (bicyclic) bond motifs is 3. The Morgan fingerprint density at radius 1 is 1.25 bits per heavy atom. The van der Waals surface area contributed by atoms with Gasteiger partial charge in [0.05, 0.1) is 18.4 Å². The molecule has 6 heteroatoms. The van der Waals surface area contributed by atoms with Crippen LogP contribution in [0.2, 0.25) is 0 Å². The molecule has 0 N–H and O–H groups in total. The zero-order chi connectivity index (χ0) is 20.1. The third-order valence-corrected chi connectivity index (χ3v) is 5.32. The third-order valence-electron chi connectivity index (χ3n) is 5.32. The van der Waals surface area contributed by atoms with E-state index >= 15 is 0 Å². The van der Waals surface area contributed by atoms with E-state index < -0.39 is 5.92 Å². The van der Waals surface area contributed by atoms with Gasteiger partial charge < -0.3 is 18.6 Å². The highest BCUT2D eigenvalue weighted by molar-refractivity contribution is 5.94. The molecule has 0 radical (unpaired) electrons. The minimum atomic E-state index is -0.490. The van der Waals surface area contributed by atoms with E-state index in [1.54, 1.807) is 7.11 Å². The van der Waals surface area contributed by atoms with Gasteiger partial charge in [0, 0.05) is 12.7 Å². The molecule has 1 aromatic heterocycles. The molecule has 0 bridgehead atoms. The van der Waals surface area contributed by atoms with E-state index in [4.69, 9.17) is 18.6 Å². The van der Waals surface area contributed by atoms with Crippen LogP contribution in [-0.4, -0.2) is 27.0 Å². The number of rotatable bonds is 8. The molecule has 1 aliphatic carbocycles. The fourth-order valence-corrected chi connectivity index (χ4v) is 4.00. The molecular formula is C22H28O6. The minimum absolute atomic E-state index is 0.0737. The molecular weight excluding hydrogens is 360 g/mol. The van der Waals surface area contributed by atoms with Crippen LogP contribution in [-0.2, 0) is 27.1 Å². The number of benzene rings is 1. The predicted octanol–water partition coefficient (Wildman–Crippen LogP) is 4.10. The van der Waals surface area contributed by atoms with Gasteiger partial charge in [0.25, 0.3) is 0 Å². The van der Waals surface area contributed by atoms with Gasteiger partial charge in [-0.2, -0.15) is 0 Å². The quantitative estimate of drug-likeness (QED) is 0.293. The Hall–Kier alpha value is -2.34. The summed E-state index contributed by atoms with van der Waals surface area (Å²) in [5.74, 6) is -0.240. The maximum atomic E-state index is 12.6. The molecule has 1 unspecified atom stereocenters. The number of esters is 1. The molecule has 28 heavy (non-hydrogen) atoms. The Morgan fingerprint density at radius 3 is 2.79 bits per heavy atom. The van der Waals surface area contributed by atoms with Crippen LogP contribution in [0.4, 0.5) is 0 Å². The highest BCUT2D eigenvalue weighted by atomic mass is 16.7. The van der Waals surface area contributed by atoms with E-state index in [1.807, 2.05) is 12.1 Å². The number of methoxy groups -OCH3 is 2. The molecule has 0 saturated carbocycles. The van der Waals surface area contributed by atoms with Crippen LogP contribution in [0.25, 0.3) is 11.0 Å². The molecule has 0 aliphatic heterocycles. The van der Waals surface area contributed by atoms with Gasteiger partial charge in [0.2, 0.25) is 0 Å². The summed E-state index contributed by atoms with van der Waals surface area (Å²) < 4.78 is 21.6. The van der Waals surface area contributed by atoms with Gasteiger partial charge >= 0.3 is 11.6 Å². The molecule has 3 rings (SSSR count). The molecule has 1 atom stereocenters. The lowest BCUT2D eigenvalue weighted by atomic mass is 9.81. The lowest BCUT2D eigenvalue weighted by molar-refractivity contribution is -0.142. The van der Waals surface area contributed by atoms with Crippen molar-refractivity contribution < 1.29 is 23.4 Å². The van der Waals surface area contributed by atoms with Crippen LogP contribution in [0.15, 0.2) is 21.3 Å². The van der Waals surface area contributed by atoms with E-state index in [9.17, 15) is 9.59 Å². The van der Waals surface area contributed by atoms with Crippen LogP contribution < -0.4 is 10.4 Å². The van der Waals surface area contributed by atoms with E-state index in [-0.39, 0.29) is 18.4 Å². The summed E-state index contributed by atoms with van der Waals surface area (Å²) in [6, 6.07) is 3.87. The Balaban J connectivity index is 2.21. The van der Waals surface area contributed by atoms with Crippen LogP contribution >= 0.6 is 0 Å². The first-order valence-corrected chi connectivity index (χ1v) is 9.92. The first-order chi connectivity index (χ1) is 13.6. The molecule has 2 aromatic rings. The largest absolute Gasteiger partial charge is 0.469 e. The number of carbonyl (C=O) groups excluding carboxylic acids is 1. The van der Waals surface area contributed by atoms with Gasteiger partial charge in [0.1, 0.15) is 11.3 Å². The number of carbonyl (C=O) groups is 1. The number of ether oxygens (including phenoxy) is 3. The first-order valence-electron chi connectivity index (χ1n) is 9.92. The summed E-state index contributed by atoms with van der Waals surface area (Å²) in [7, 11) is 2.93. The van der Waals surface area contributed by atoms with Crippen molar-refractivity contribution in [3.05, 3.63) is 39.2 Å². The molecule has 1 heterocycles. The molecule has 0 fully saturated rings. The standard InChI is InChI=1S/C22H28O6/c1-4-5-6-8-14-11-17(27-13-25-2)20-18(12-14)28-22(24)16-10-7-9-15(19(16)20)21(23)26-3/h11-12,15H,4-10,13H2,1-3H3. The van der Waals surface area contributed by atoms with Crippen LogP contribution in [0, 0.1) is 0 Å². The van der Waals surface area contributed by atoms with Crippen LogP contribution in [0.5, 0.6) is 5.75 Å². The fourth-order valence-electron chi connectivity index (χ4n) is 4.00. The van der Waals surface area contributed by atoms with Gasteiger partial charge in [-0.25, -0.2) is 4.79 Å². The minimum Gasteiger partial charge on any atom is -0.469 e. The molecule has 0 spiro atoms. The van der Waals surface area contributed by atoms with Crippen molar-refractivity contribution >= 4 is 16.9 Å². The zero-order valence-corrected chi connectivity index (χ0v) is 16.8. The van der Waals surface area contributed by atoms with E-state index in [0.717, 1.165) is 37.7 Å². The second kappa shape index (κ2) is 9.24. The zero-order valence-electron chi connectivity index (χ0n) is 16.8. The molecule has 0 amide bonds. The average molecular weight is 388 g/mol. The maximum absolute atomic E-state index is 12.6. The molecule has 152 valence electrons. The summed E-state index contributed by atoms with van der Waals surface area (Å²) in [6.07, 6.45) is 6.14. The molecule has 1 aromatic carbocycles. The lowest BCUT2D eigenvalue weighted by Crippen LogP contribution is -2.25. The normalized spacial score (nSPS) is 16.0. The summed E-state index contributed by atoms with van der Waals surface area (Å²) in [4.78, 5) is 25.1. The highest BCUT2D eigenvalue weighted by Gasteiger charge is 2.33. The van der Waals surface area contributed by atoms with E-state index in [1.165, 1.54) is 7.11 Å². The Kier molecular flexibility index (Phi) is 6.73. The van der Waals surface area contributed by atoms with Crippen molar-refractivity contribution in [3.8, 4) is 5.75 Å². The Morgan fingerprint density at radius 2 is 2.07 bits per heavy atom. The molecule has 1 aliphatic rings. The smallest absolute Gasteiger partial charge is 0.339 e. The van der Waals surface area contributed by atoms with Crippen molar-refractivity contribution in [1.29, 1.82) is 0 Å². The van der Waals surface area contributed by atoms with Gasteiger partial charge in [0.15, 0.2) is 6.79 Å². The number of hydrogen-bond acceptors (Lipinski definition) is 6. The summed E-state index contributed by atoms with van der Waals surface area (Å²) >= 11 is 0. The average Bonchev–Trinajstić information content (AvgIpc) is 2.71. The summed E-state index contributed by atoms with van der Waals surface area (Å²) in [5.41, 5.74) is 2.37. The van der Waals surface area contributed by atoms with Gasteiger partial charge in [-0.1, -0.05) is 19.8 Å². The first kappa shape index (κ1) is 20.4. The Labute approximate surface area is 164 Å². The number of unbranched alkanes of at least 4 members (excludes halogenated alkanes) is 2. The third kappa shape index (κ3) is 4.07. The SMILES string of the molecule is CCCCCc1cc(OCOC)c2c3c(c(=O)oc2c1)CCCC3C(=O)OC. The van der Waals surface area contributed by atoms with Gasteiger partial charge in [-0.05, 0) is 55.4 Å². The number of hydrogen-bond donors (Lipinski definition) is 0. The van der Waals surface area contributed by atoms with Crippen molar-refractivity contribution in [2.45, 2.75) is 57.8 Å². The second-order valence-electron chi connectivity index (χ2n) is 7.22. The van der Waals surface area contributed by atoms with E-state index in [2.05, 4.69) is 6.92 Å². The number of aryl methyl sites for hydroxylation is 1. The van der Waals surface area contributed by atoms with E-state index in [0.29, 0.717) is 40.7 Å². The second-order valence-corrected chi connectivity index (χ2v) is 7.22. The van der Waals surface area contributed by atoms with Crippen molar-refractivity contribution in [1.82, 2.24) is 0 Å². The maximum Gasteiger partial charge on any atom is 0.339 e. The fraction of sp³-hybridized carbons (Fsp3) is 0.545. The lowest BCUT2D eigenvalue weighted by Gasteiger charge is -2.25. The predicted molar refractivity (Wildman–Crippen MR) is 106 cm³/mol. The van der Waals surface area contributed by atoms with Gasteiger partial charge in [-0.15, -0.1) is 0 Å². The summed E-state index contributed by atoms with van der Waals surface area (Å²) in [5, 5.41) is 0.681. The topological polar surface area (TPSA) is 75.0 Å². The van der Waals surface area contributed by atoms with Gasteiger partial charge in [-0.3, -0.25) is 4.79 Å². The van der Waals surface area contributed by atoms with Crippen molar-refractivity contribution in [2.75, 3.05) is 21.0 Å². The molecule has 0 saturated heterocycles. The van der Waals surface area contributed by atoms with Crippen LogP contribution in [0.3, 0.4) is 0 Å². The van der Waals surface area contributed by atoms with Crippen LogP contribution in [0.1, 0.15) is 61.6 Å². The summed E-state index contributed by atoms with van der Waals surface area (Å²) in [6.45, 7) is 2.23. The highest BCUT2D eigenvalue weighted by Crippen LogP contribution is 2.40. The van der Waals surface area contributed by atoms with Crippen molar-refractivity contribution in [3.63, 3.8) is 0 Å². The Bertz CT molecular complexity index is 898.